The van der Waals surface area contributed by atoms with Gasteiger partial charge in [0, 0.05) is 19.8 Å². The van der Waals surface area contributed by atoms with Crippen molar-refractivity contribution >= 4 is 17.9 Å². The van der Waals surface area contributed by atoms with Gasteiger partial charge >= 0.3 is 17.9 Å². The second-order valence-corrected chi connectivity index (χ2v) is 5.81. The fourth-order valence-electron chi connectivity index (χ4n) is 1.92. The van der Waals surface area contributed by atoms with Gasteiger partial charge in [-0.3, -0.25) is 14.4 Å². The third-order valence-electron chi connectivity index (χ3n) is 3.26. The van der Waals surface area contributed by atoms with Crippen LogP contribution in [0.25, 0.3) is 0 Å². The number of hydrogen-bond donors (Lipinski definition) is 0. The molecule has 0 aliphatic rings. The quantitative estimate of drug-likeness (QED) is 0.263. The van der Waals surface area contributed by atoms with Crippen molar-refractivity contribution < 1.29 is 28.6 Å². The van der Waals surface area contributed by atoms with Crippen LogP contribution < -0.4 is 0 Å². The molecular formula is C20H32O6. The number of carbonyl (C=O) groups is 3. The number of allylic oxidation sites excluding steroid dienone is 4. The normalized spacial score (nSPS) is 12.3. The SMILES string of the molecule is CCC=CCCC(=O)OC(COC(C)=O)COC(=O)CC/C=C\CCC. The minimum absolute atomic E-state index is 0.124. The zero-order valence-electron chi connectivity index (χ0n) is 16.2. The van der Waals surface area contributed by atoms with Crippen LogP contribution in [-0.2, 0) is 28.6 Å². The lowest BCUT2D eigenvalue weighted by atomic mass is 10.2. The molecule has 0 aromatic heterocycles. The Labute approximate surface area is 156 Å². The fourth-order valence-corrected chi connectivity index (χ4v) is 1.92. The molecule has 26 heavy (non-hydrogen) atoms. The molecule has 0 bridgehead atoms. The first kappa shape index (κ1) is 23.9. The largest absolute Gasteiger partial charge is 0.462 e. The van der Waals surface area contributed by atoms with Crippen molar-refractivity contribution in [2.45, 2.75) is 71.8 Å². The van der Waals surface area contributed by atoms with E-state index in [0.717, 1.165) is 19.3 Å². The molecule has 1 unspecified atom stereocenters. The molecule has 0 spiro atoms. The van der Waals surface area contributed by atoms with E-state index in [1.54, 1.807) is 0 Å². The average Bonchev–Trinajstić information content (AvgIpc) is 2.60. The monoisotopic (exact) mass is 368 g/mol. The predicted octanol–water partition coefficient (Wildman–Crippen LogP) is 3.89. The van der Waals surface area contributed by atoms with Gasteiger partial charge in [0.15, 0.2) is 6.10 Å². The molecule has 6 heteroatoms. The molecular weight excluding hydrogens is 336 g/mol. The molecule has 0 aliphatic carbocycles. The van der Waals surface area contributed by atoms with Gasteiger partial charge in [0.1, 0.15) is 13.2 Å². The number of carbonyl (C=O) groups excluding carboxylic acids is 3. The first-order valence-corrected chi connectivity index (χ1v) is 9.28. The van der Waals surface area contributed by atoms with E-state index in [1.807, 2.05) is 31.2 Å². The minimum atomic E-state index is -0.791. The highest BCUT2D eigenvalue weighted by atomic mass is 16.6. The van der Waals surface area contributed by atoms with Gasteiger partial charge in [0.25, 0.3) is 0 Å². The number of unbranched alkanes of at least 4 members (excludes halogenated alkanes) is 1. The molecule has 0 aliphatic heterocycles. The Morgan fingerprint density at radius 3 is 2.00 bits per heavy atom. The molecule has 0 radical (unpaired) electrons. The highest BCUT2D eigenvalue weighted by molar-refractivity contribution is 5.70. The highest BCUT2D eigenvalue weighted by Crippen LogP contribution is 2.04. The van der Waals surface area contributed by atoms with Crippen LogP contribution in [0.3, 0.4) is 0 Å². The van der Waals surface area contributed by atoms with Gasteiger partial charge in [0.05, 0.1) is 0 Å². The average molecular weight is 368 g/mol. The topological polar surface area (TPSA) is 78.9 Å². The van der Waals surface area contributed by atoms with Crippen LogP contribution in [0.15, 0.2) is 24.3 Å². The van der Waals surface area contributed by atoms with Crippen molar-refractivity contribution in [1.29, 1.82) is 0 Å². The molecule has 1 atom stereocenters. The molecule has 0 rings (SSSR count). The zero-order valence-corrected chi connectivity index (χ0v) is 16.2. The second-order valence-electron chi connectivity index (χ2n) is 5.81. The Balaban J connectivity index is 4.27. The molecule has 0 N–H and O–H groups in total. The van der Waals surface area contributed by atoms with E-state index in [4.69, 9.17) is 14.2 Å². The van der Waals surface area contributed by atoms with Gasteiger partial charge in [0.2, 0.25) is 0 Å². The van der Waals surface area contributed by atoms with Crippen LogP contribution in [0, 0.1) is 0 Å². The molecule has 0 amide bonds. The molecule has 0 heterocycles. The summed E-state index contributed by atoms with van der Waals surface area (Å²) in [6.07, 6.45) is 11.7. The van der Waals surface area contributed by atoms with Crippen LogP contribution in [-0.4, -0.2) is 37.2 Å². The first-order valence-electron chi connectivity index (χ1n) is 9.28. The van der Waals surface area contributed by atoms with E-state index in [0.29, 0.717) is 12.8 Å². The summed E-state index contributed by atoms with van der Waals surface area (Å²) in [5.74, 6) is -1.27. The van der Waals surface area contributed by atoms with E-state index in [2.05, 4.69) is 6.92 Å². The zero-order chi connectivity index (χ0) is 19.6. The Morgan fingerprint density at radius 1 is 0.808 bits per heavy atom. The van der Waals surface area contributed by atoms with Gasteiger partial charge in [-0.2, -0.15) is 0 Å². The summed E-state index contributed by atoms with van der Waals surface area (Å²) < 4.78 is 15.3. The van der Waals surface area contributed by atoms with Crippen LogP contribution in [0.2, 0.25) is 0 Å². The van der Waals surface area contributed by atoms with Crippen LogP contribution in [0.5, 0.6) is 0 Å². The molecule has 0 aromatic carbocycles. The standard InChI is InChI=1S/C20H32O6/c1-4-6-8-10-12-13-19(22)25-16-18(15-24-17(3)21)26-20(23)14-11-9-7-5-2/h7-10,18H,4-6,11-16H2,1-3H3/b9-7?,10-8-. The lowest BCUT2D eigenvalue weighted by Gasteiger charge is -2.17. The maximum absolute atomic E-state index is 11.8. The van der Waals surface area contributed by atoms with Gasteiger partial charge < -0.3 is 14.2 Å². The molecule has 0 saturated carbocycles. The summed E-state index contributed by atoms with van der Waals surface area (Å²) in [6.45, 7) is 5.11. The maximum atomic E-state index is 11.8. The smallest absolute Gasteiger partial charge is 0.306 e. The summed E-state index contributed by atoms with van der Waals surface area (Å²) >= 11 is 0. The summed E-state index contributed by atoms with van der Waals surface area (Å²) in [5, 5.41) is 0. The first-order chi connectivity index (χ1) is 12.5. The van der Waals surface area contributed by atoms with E-state index in [1.165, 1.54) is 6.92 Å². The van der Waals surface area contributed by atoms with E-state index < -0.39 is 18.0 Å². The van der Waals surface area contributed by atoms with Crippen LogP contribution >= 0.6 is 0 Å². The second kappa shape index (κ2) is 16.4. The third-order valence-corrected chi connectivity index (χ3v) is 3.26. The Morgan fingerprint density at radius 2 is 1.38 bits per heavy atom. The van der Waals surface area contributed by atoms with Gasteiger partial charge in [-0.05, 0) is 25.7 Å². The Kier molecular flexibility index (Phi) is 15.0. The van der Waals surface area contributed by atoms with Crippen molar-refractivity contribution in [3.05, 3.63) is 24.3 Å². The number of esters is 3. The third kappa shape index (κ3) is 15.4. The molecule has 0 saturated heterocycles. The maximum Gasteiger partial charge on any atom is 0.306 e. The van der Waals surface area contributed by atoms with Crippen molar-refractivity contribution in [2.75, 3.05) is 13.2 Å². The van der Waals surface area contributed by atoms with Gasteiger partial charge in [-0.1, -0.05) is 44.6 Å². The van der Waals surface area contributed by atoms with Gasteiger partial charge in [-0.15, -0.1) is 0 Å². The van der Waals surface area contributed by atoms with Crippen molar-refractivity contribution in [3.63, 3.8) is 0 Å². The summed E-state index contributed by atoms with van der Waals surface area (Å²) in [7, 11) is 0. The highest BCUT2D eigenvalue weighted by Gasteiger charge is 2.18. The molecule has 6 nitrogen and oxygen atoms in total. The van der Waals surface area contributed by atoms with Crippen LogP contribution in [0.1, 0.15) is 65.7 Å². The molecule has 0 fully saturated rings. The summed E-state index contributed by atoms with van der Waals surface area (Å²) in [6, 6.07) is 0. The van der Waals surface area contributed by atoms with Crippen molar-refractivity contribution in [3.8, 4) is 0 Å². The Hall–Kier alpha value is -2.11. The lowest BCUT2D eigenvalue weighted by Crippen LogP contribution is -2.30. The number of hydrogen-bond acceptors (Lipinski definition) is 6. The minimum Gasteiger partial charge on any atom is -0.462 e. The summed E-state index contributed by atoms with van der Waals surface area (Å²) in [5.41, 5.74) is 0. The summed E-state index contributed by atoms with van der Waals surface area (Å²) in [4.78, 5) is 34.5. The van der Waals surface area contributed by atoms with Crippen molar-refractivity contribution in [1.82, 2.24) is 0 Å². The molecule has 0 aromatic rings. The Bertz CT molecular complexity index is 467. The van der Waals surface area contributed by atoms with E-state index in [-0.39, 0.29) is 32.0 Å². The number of rotatable bonds is 14. The van der Waals surface area contributed by atoms with Crippen molar-refractivity contribution in [2.24, 2.45) is 0 Å². The lowest BCUT2D eigenvalue weighted by molar-refractivity contribution is -0.166. The molecule has 148 valence electrons. The predicted molar refractivity (Wildman–Crippen MR) is 99.4 cm³/mol. The van der Waals surface area contributed by atoms with E-state index in [9.17, 15) is 14.4 Å². The fraction of sp³-hybridized carbons (Fsp3) is 0.650. The van der Waals surface area contributed by atoms with E-state index >= 15 is 0 Å². The van der Waals surface area contributed by atoms with Crippen LogP contribution in [0.4, 0.5) is 0 Å². The van der Waals surface area contributed by atoms with Gasteiger partial charge in [-0.25, -0.2) is 0 Å². The number of ether oxygens (including phenoxy) is 3.